The molecule has 0 spiro atoms. The Morgan fingerprint density at radius 2 is 2.11 bits per heavy atom. The fourth-order valence-electron chi connectivity index (χ4n) is 2.28. The number of carbonyl (C=O) groups is 2. The quantitative estimate of drug-likeness (QED) is 0.650. The molecular formula is C19H19N3O4S. The van der Waals surface area contributed by atoms with E-state index in [9.17, 15) is 9.59 Å². The number of furan rings is 1. The Hall–Kier alpha value is -3.13. The first kappa shape index (κ1) is 18.7. The number of aryl methyl sites for hydroxylation is 1. The SMILES string of the molecule is CC(=O)NCc1ccc(-c2csc(NC(=O)COc3cccc(C)c3)n2)o1. The first-order chi connectivity index (χ1) is 13.0. The minimum absolute atomic E-state index is 0.0972. The molecule has 1 aromatic carbocycles. The topological polar surface area (TPSA) is 93.5 Å². The number of rotatable bonds is 7. The molecule has 2 aromatic heterocycles. The van der Waals surface area contributed by atoms with Gasteiger partial charge in [0.2, 0.25) is 5.91 Å². The summed E-state index contributed by atoms with van der Waals surface area (Å²) in [7, 11) is 0. The smallest absolute Gasteiger partial charge is 0.264 e. The van der Waals surface area contributed by atoms with Crippen molar-refractivity contribution >= 4 is 28.3 Å². The first-order valence-corrected chi connectivity index (χ1v) is 9.16. The van der Waals surface area contributed by atoms with Crippen LogP contribution in [0.3, 0.4) is 0 Å². The fourth-order valence-corrected chi connectivity index (χ4v) is 2.99. The Labute approximate surface area is 160 Å². The summed E-state index contributed by atoms with van der Waals surface area (Å²) >= 11 is 1.30. The molecule has 2 heterocycles. The van der Waals surface area contributed by atoms with Gasteiger partial charge in [-0.1, -0.05) is 12.1 Å². The zero-order valence-electron chi connectivity index (χ0n) is 14.9. The van der Waals surface area contributed by atoms with E-state index >= 15 is 0 Å². The standard InChI is InChI=1S/C19H19N3O4S/c1-12-4-3-5-14(8-12)25-10-18(24)22-19-21-16(11-27-19)17-7-6-15(26-17)9-20-13(2)23/h3-8,11H,9-10H2,1-2H3,(H,20,23)(H,21,22,24). The number of nitrogens with zero attached hydrogens (tertiary/aromatic N) is 1. The molecule has 0 unspecified atom stereocenters. The molecular weight excluding hydrogens is 366 g/mol. The third kappa shape index (κ3) is 5.42. The van der Waals surface area contributed by atoms with E-state index in [2.05, 4.69) is 15.6 Å². The van der Waals surface area contributed by atoms with Crippen LogP contribution in [0.15, 0.2) is 46.2 Å². The largest absolute Gasteiger partial charge is 0.484 e. The number of hydrogen-bond donors (Lipinski definition) is 2. The Bertz CT molecular complexity index is 948. The molecule has 2 N–H and O–H groups in total. The number of anilines is 1. The minimum atomic E-state index is -0.289. The van der Waals surface area contributed by atoms with Crippen molar-refractivity contribution in [3.05, 3.63) is 53.1 Å². The third-order valence-electron chi connectivity index (χ3n) is 3.54. The first-order valence-electron chi connectivity index (χ1n) is 8.28. The summed E-state index contributed by atoms with van der Waals surface area (Å²) in [6, 6.07) is 11.1. The summed E-state index contributed by atoms with van der Waals surface area (Å²) in [6.45, 7) is 3.63. The molecule has 7 nitrogen and oxygen atoms in total. The van der Waals surface area contributed by atoms with Crippen molar-refractivity contribution in [2.24, 2.45) is 0 Å². The van der Waals surface area contributed by atoms with Gasteiger partial charge in [-0.2, -0.15) is 0 Å². The monoisotopic (exact) mass is 385 g/mol. The number of benzene rings is 1. The molecule has 0 bridgehead atoms. The molecule has 0 saturated carbocycles. The van der Waals surface area contributed by atoms with E-state index < -0.39 is 0 Å². The maximum Gasteiger partial charge on any atom is 0.264 e. The van der Waals surface area contributed by atoms with Crippen LogP contribution in [0.1, 0.15) is 18.2 Å². The molecule has 3 rings (SSSR count). The van der Waals surface area contributed by atoms with Gasteiger partial charge >= 0.3 is 0 Å². The number of carbonyl (C=O) groups excluding carboxylic acids is 2. The average Bonchev–Trinajstić information content (AvgIpc) is 3.27. The van der Waals surface area contributed by atoms with E-state index in [1.807, 2.05) is 25.1 Å². The zero-order chi connectivity index (χ0) is 19.2. The van der Waals surface area contributed by atoms with Crippen LogP contribution in [0, 0.1) is 6.92 Å². The molecule has 140 valence electrons. The van der Waals surface area contributed by atoms with E-state index in [1.54, 1.807) is 23.6 Å². The van der Waals surface area contributed by atoms with Gasteiger partial charge in [-0.3, -0.25) is 14.9 Å². The lowest BCUT2D eigenvalue weighted by Gasteiger charge is -2.06. The number of aromatic nitrogens is 1. The number of amides is 2. The van der Waals surface area contributed by atoms with Crippen LogP contribution >= 0.6 is 11.3 Å². The van der Waals surface area contributed by atoms with Gasteiger partial charge < -0.3 is 14.5 Å². The molecule has 0 aliphatic carbocycles. The van der Waals surface area contributed by atoms with Crippen LogP contribution in [0.4, 0.5) is 5.13 Å². The summed E-state index contributed by atoms with van der Waals surface area (Å²) in [4.78, 5) is 27.3. The van der Waals surface area contributed by atoms with Crippen molar-refractivity contribution in [1.29, 1.82) is 0 Å². The second kappa shape index (κ2) is 8.50. The molecule has 0 aliphatic heterocycles. The predicted molar refractivity (Wildman–Crippen MR) is 103 cm³/mol. The molecule has 0 fully saturated rings. The van der Waals surface area contributed by atoms with Crippen LogP contribution < -0.4 is 15.4 Å². The van der Waals surface area contributed by atoms with Crippen LogP contribution in [-0.2, 0) is 16.1 Å². The molecule has 2 amide bonds. The van der Waals surface area contributed by atoms with E-state index in [1.165, 1.54) is 18.3 Å². The maximum absolute atomic E-state index is 12.0. The normalized spacial score (nSPS) is 10.4. The Morgan fingerprint density at radius 1 is 1.26 bits per heavy atom. The van der Waals surface area contributed by atoms with Gasteiger partial charge in [-0.05, 0) is 36.8 Å². The van der Waals surface area contributed by atoms with Gasteiger partial charge in [0.1, 0.15) is 17.2 Å². The lowest BCUT2D eigenvalue weighted by Crippen LogP contribution is -2.20. The summed E-state index contributed by atoms with van der Waals surface area (Å²) < 4.78 is 11.1. The van der Waals surface area contributed by atoms with Crippen molar-refractivity contribution in [3.63, 3.8) is 0 Å². The van der Waals surface area contributed by atoms with E-state index in [-0.39, 0.29) is 18.4 Å². The van der Waals surface area contributed by atoms with Crippen molar-refractivity contribution < 1.29 is 18.7 Å². The molecule has 0 radical (unpaired) electrons. The summed E-state index contributed by atoms with van der Waals surface area (Å²) in [5, 5.41) is 7.63. The van der Waals surface area contributed by atoms with Crippen molar-refractivity contribution in [2.45, 2.75) is 20.4 Å². The van der Waals surface area contributed by atoms with E-state index in [4.69, 9.17) is 9.15 Å². The Morgan fingerprint density at radius 3 is 2.89 bits per heavy atom. The predicted octanol–water partition coefficient (Wildman–Crippen LogP) is 3.37. The highest BCUT2D eigenvalue weighted by Gasteiger charge is 2.12. The molecule has 0 atom stereocenters. The maximum atomic E-state index is 12.0. The number of nitrogens with one attached hydrogen (secondary N) is 2. The number of hydrogen-bond acceptors (Lipinski definition) is 6. The summed E-state index contributed by atoms with van der Waals surface area (Å²) in [5.41, 5.74) is 1.68. The Balaban J connectivity index is 1.54. The average molecular weight is 385 g/mol. The molecule has 8 heteroatoms. The highest BCUT2D eigenvalue weighted by atomic mass is 32.1. The third-order valence-corrected chi connectivity index (χ3v) is 4.29. The second-order valence-corrected chi connectivity index (χ2v) is 6.73. The van der Waals surface area contributed by atoms with Crippen LogP contribution in [0.5, 0.6) is 5.75 Å². The van der Waals surface area contributed by atoms with Gasteiger partial charge in [0.25, 0.3) is 5.91 Å². The van der Waals surface area contributed by atoms with Crippen molar-refractivity contribution in [2.75, 3.05) is 11.9 Å². The minimum Gasteiger partial charge on any atom is -0.484 e. The van der Waals surface area contributed by atoms with Crippen LogP contribution in [-0.4, -0.2) is 23.4 Å². The lowest BCUT2D eigenvalue weighted by molar-refractivity contribution is -0.119. The summed E-state index contributed by atoms with van der Waals surface area (Å²) in [6.07, 6.45) is 0. The van der Waals surface area contributed by atoms with Gasteiger partial charge in [-0.15, -0.1) is 11.3 Å². The van der Waals surface area contributed by atoms with Gasteiger partial charge in [0, 0.05) is 12.3 Å². The number of thiazole rings is 1. The molecule has 0 aliphatic rings. The highest BCUT2D eigenvalue weighted by molar-refractivity contribution is 7.14. The number of ether oxygens (including phenoxy) is 1. The lowest BCUT2D eigenvalue weighted by atomic mass is 10.2. The van der Waals surface area contributed by atoms with Crippen LogP contribution in [0.25, 0.3) is 11.5 Å². The van der Waals surface area contributed by atoms with Crippen molar-refractivity contribution in [3.8, 4) is 17.2 Å². The van der Waals surface area contributed by atoms with Crippen LogP contribution in [0.2, 0.25) is 0 Å². The zero-order valence-corrected chi connectivity index (χ0v) is 15.8. The highest BCUT2D eigenvalue weighted by Crippen LogP contribution is 2.26. The van der Waals surface area contributed by atoms with E-state index in [0.29, 0.717) is 34.6 Å². The fraction of sp³-hybridized carbons (Fsp3) is 0.211. The van der Waals surface area contributed by atoms with E-state index in [0.717, 1.165) is 5.56 Å². The molecule has 3 aromatic rings. The van der Waals surface area contributed by atoms with Gasteiger partial charge in [0.05, 0.1) is 6.54 Å². The Kier molecular flexibility index (Phi) is 5.87. The summed E-state index contributed by atoms with van der Waals surface area (Å²) in [5.74, 6) is 1.43. The van der Waals surface area contributed by atoms with Crippen molar-refractivity contribution in [1.82, 2.24) is 10.3 Å². The molecule has 27 heavy (non-hydrogen) atoms. The van der Waals surface area contributed by atoms with Gasteiger partial charge in [-0.25, -0.2) is 4.98 Å². The van der Waals surface area contributed by atoms with Gasteiger partial charge in [0.15, 0.2) is 17.5 Å². The molecule has 0 saturated heterocycles. The second-order valence-electron chi connectivity index (χ2n) is 5.87.